The summed E-state index contributed by atoms with van der Waals surface area (Å²) in [5.74, 6) is 0. The lowest BCUT2D eigenvalue weighted by Gasteiger charge is -2.00. The molecule has 0 aliphatic rings. The Morgan fingerprint density at radius 3 is 2.86 bits per heavy atom. The van der Waals surface area contributed by atoms with Gasteiger partial charge >= 0.3 is 5.69 Å². The second-order valence-corrected chi connectivity index (χ2v) is 3.00. The van der Waals surface area contributed by atoms with Gasteiger partial charge in [0.2, 0.25) is 0 Å². The molecule has 76 valence electrons. The minimum absolute atomic E-state index is 0.00857. The highest BCUT2D eigenvalue weighted by atomic mass is 35.5. The van der Waals surface area contributed by atoms with Crippen LogP contribution in [0.25, 0.3) is 0 Å². The summed E-state index contributed by atoms with van der Waals surface area (Å²) in [4.78, 5) is 24.1. The highest BCUT2D eigenvalue weighted by Gasteiger charge is 1.99. The number of halogens is 1. The summed E-state index contributed by atoms with van der Waals surface area (Å²) < 4.78 is 1.29. The molecule has 6 heteroatoms. The zero-order chi connectivity index (χ0) is 10.6. The number of rotatable bonds is 3. The fourth-order valence-corrected chi connectivity index (χ4v) is 1.07. The van der Waals surface area contributed by atoms with Crippen LogP contribution < -0.4 is 17.0 Å². The standard InChI is InChI=1S/C8H10ClN3O2/c9-6-5-12(4-2-1-3-10)8(14)11-7(6)13/h1-2,5H,3-4,10H2,(H,11,13,14). The van der Waals surface area contributed by atoms with Crippen LogP contribution in [0.5, 0.6) is 0 Å². The molecule has 0 saturated heterocycles. The van der Waals surface area contributed by atoms with Gasteiger partial charge in [-0.25, -0.2) is 4.79 Å². The molecule has 0 aliphatic carbocycles. The highest BCUT2D eigenvalue weighted by Crippen LogP contribution is 1.95. The second-order valence-electron chi connectivity index (χ2n) is 2.60. The van der Waals surface area contributed by atoms with Crippen molar-refractivity contribution in [3.05, 3.63) is 44.2 Å². The summed E-state index contributed by atoms with van der Waals surface area (Å²) in [6, 6.07) is 0. The van der Waals surface area contributed by atoms with Crippen LogP contribution in [0.15, 0.2) is 27.9 Å². The van der Waals surface area contributed by atoms with Crippen molar-refractivity contribution in [2.24, 2.45) is 5.73 Å². The van der Waals surface area contributed by atoms with Gasteiger partial charge in [-0.15, -0.1) is 0 Å². The maximum absolute atomic E-state index is 11.2. The van der Waals surface area contributed by atoms with Gasteiger partial charge in [-0.1, -0.05) is 23.8 Å². The Bertz CT molecular complexity index is 447. The zero-order valence-corrected chi connectivity index (χ0v) is 8.12. The Balaban J connectivity index is 2.99. The van der Waals surface area contributed by atoms with E-state index in [-0.39, 0.29) is 5.02 Å². The zero-order valence-electron chi connectivity index (χ0n) is 7.37. The Morgan fingerprint density at radius 2 is 2.21 bits per heavy atom. The molecule has 0 aromatic carbocycles. The molecular formula is C8H10ClN3O2. The van der Waals surface area contributed by atoms with Crippen molar-refractivity contribution in [2.45, 2.75) is 6.54 Å². The molecule has 1 aromatic heterocycles. The van der Waals surface area contributed by atoms with E-state index < -0.39 is 11.2 Å². The van der Waals surface area contributed by atoms with Crippen molar-refractivity contribution in [1.82, 2.24) is 9.55 Å². The average molecular weight is 216 g/mol. The van der Waals surface area contributed by atoms with E-state index in [1.165, 1.54) is 10.8 Å². The summed E-state index contributed by atoms with van der Waals surface area (Å²) in [6.07, 6.45) is 4.73. The highest BCUT2D eigenvalue weighted by molar-refractivity contribution is 6.30. The van der Waals surface area contributed by atoms with E-state index >= 15 is 0 Å². The smallest absolute Gasteiger partial charge is 0.327 e. The number of nitrogens with zero attached hydrogens (tertiary/aromatic N) is 1. The van der Waals surface area contributed by atoms with Crippen LogP contribution in [0, 0.1) is 0 Å². The van der Waals surface area contributed by atoms with E-state index in [0.29, 0.717) is 13.1 Å². The summed E-state index contributed by atoms with van der Waals surface area (Å²) in [5, 5.41) is -0.00857. The molecule has 0 bridgehead atoms. The first kappa shape index (κ1) is 10.7. The largest absolute Gasteiger partial charge is 0.328 e. The van der Waals surface area contributed by atoms with Gasteiger partial charge in [0.15, 0.2) is 0 Å². The van der Waals surface area contributed by atoms with Crippen LogP contribution in [0.3, 0.4) is 0 Å². The van der Waals surface area contributed by atoms with E-state index in [2.05, 4.69) is 4.98 Å². The van der Waals surface area contributed by atoms with Crippen molar-refractivity contribution in [3.8, 4) is 0 Å². The molecule has 0 saturated carbocycles. The van der Waals surface area contributed by atoms with Gasteiger partial charge in [-0.2, -0.15) is 0 Å². The maximum atomic E-state index is 11.2. The summed E-state index contributed by atoms with van der Waals surface area (Å²) in [7, 11) is 0. The van der Waals surface area contributed by atoms with Crippen LogP contribution in [-0.2, 0) is 6.54 Å². The van der Waals surface area contributed by atoms with Crippen molar-refractivity contribution >= 4 is 11.6 Å². The number of hydrogen-bond acceptors (Lipinski definition) is 3. The molecule has 0 unspecified atom stereocenters. The number of nitrogens with one attached hydrogen (secondary N) is 1. The van der Waals surface area contributed by atoms with E-state index in [4.69, 9.17) is 17.3 Å². The molecule has 0 radical (unpaired) electrons. The Kier molecular flexibility index (Phi) is 3.67. The van der Waals surface area contributed by atoms with Crippen molar-refractivity contribution < 1.29 is 0 Å². The number of allylic oxidation sites excluding steroid dienone is 1. The van der Waals surface area contributed by atoms with Gasteiger partial charge in [0, 0.05) is 19.3 Å². The first-order valence-electron chi connectivity index (χ1n) is 3.99. The molecule has 0 fully saturated rings. The van der Waals surface area contributed by atoms with Crippen LogP contribution in [0.4, 0.5) is 0 Å². The third-order valence-electron chi connectivity index (χ3n) is 1.57. The van der Waals surface area contributed by atoms with Crippen LogP contribution in [0.1, 0.15) is 0 Å². The monoisotopic (exact) mass is 215 g/mol. The second kappa shape index (κ2) is 4.78. The SMILES string of the molecule is NCC=CCn1cc(Cl)c(=O)[nH]c1=O. The molecule has 5 nitrogen and oxygen atoms in total. The quantitative estimate of drug-likeness (QED) is 0.680. The maximum Gasteiger partial charge on any atom is 0.328 e. The first-order valence-corrected chi connectivity index (χ1v) is 4.37. The number of hydrogen-bond donors (Lipinski definition) is 2. The van der Waals surface area contributed by atoms with Gasteiger partial charge in [0.05, 0.1) is 0 Å². The average Bonchev–Trinajstić information content (AvgIpc) is 2.14. The van der Waals surface area contributed by atoms with E-state index in [0.717, 1.165) is 0 Å². The predicted octanol–water partition coefficient (Wildman–Crippen LogP) is -0.295. The molecule has 14 heavy (non-hydrogen) atoms. The third kappa shape index (κ3) is 2.58. The minimum atomic E-state index is -0.573. The van der Waals surface area contributed by atoms with Crippen LogP contribution in [-0.4, -0.2) is 16.1 Å². The lowest BCUT2D eigenvalue weighted by molar-refractivity contribution is 0.735. The number of H-pyrrole nitrogens is 1. The van der Waals surface area contributed by atoms with Gasteiger partial charge in [0.25, 0.3) is 5.56 Å². The molecule has 1 heterocycles. The molecule has 0 amide bonds. The van der Waals surface area contributed by atoms with Gasteiger partial charge in [0.1, 0.15) is 5.02 Å². The van der Waals surface area contributed by atoms with Gasteiger partial charge < -0.3 is 5.73 Å². The molecule has 1 aromatic rings. The Labute approximate surface area is 84.8 Å². The summed E-state index contributed by atoms with van der Waals surface area (Å²) >= 11 is 5.55. The summed E-state index contributed by atoms with van der Waals surface area (Å²) in [5.41, 5.74) is 4.17. The lowest BCUT2D eigenvalue weighted by atomic mass is 10.5. The molecule has 0 atom stereocenters. The van der Waals surface area contributed by atoms with E-state index in [9.17, 15) is 9.59 Å². The van der Waals surface area contributed by atoms with E-state index in [1.54, 1.807) is 12.2 Å². The first-order chi connectivity index (χ1) is 6.65. The lowest BCUT2D eigenvalue weighted by Crippen LogP contribution is -2.29. The fourth-order valence-electron chi connectivity index (χ4n) is 0.903. The van der Waals surface area contributed by atoms with Crippen LogP contribution >= 0.6 is 11.6 Å². The van der Waals surface area contributed by atoms with Gasteiger partial charge in [-0.05, 0) is 0 Å². The predicted molar refractivity (Wildman–Crippen MR) is 54.5 cm³/mol. The van der Waals surface area contributed by atoms with Crippen molar-refractivity contribution in [3.63, 3.8) is 0 Å². The molecule has 0 aliphatic heterocycles. The van der Waals surface area contributed by atoms with Gasteiger partial charge in [-0.3, -0.25) is 14.3 Å². The molecule has 0 spiro atoms. The minimum Gasteiger partial charge on any atom is -0.327 e. The molecule has 3 N–H and O–H groups in total. The molecular weight excluding hydrogens is 206 g/mol. The van der Waals surface area contributed by atoms with Crippen molar-refractivity contribution in [2.75, 3.05) is 6.54 Å². The number of aromatic amines is 1. The number of aromatic nitrogens is 2. The van der Waals surface area contributed by atoms with Crippen molar-refractivity contribution in [1.29, 1.82) is 0 Å². The molecule has 1 rings (SSSR count). The Hall–Kier alpha value is -1.33. The topological polar surface area (TPSA) is 80.9 Å². The normalized spacial score (nSPS) is 11.0. The van der Waals surface area contributed by atoms with Crippen LogP contribution in [0.2, 0.25) is 5.02 Å². The van der Waals surface area contributed by atoms with E-state index in [1.807, 2.05) is 0 Å². The third-order valence-corrected chi connectivity index (χ3v) is 1.84. The fraction of sp³-hybridized carbons (Fsp3) is 0.250. The number of nitrogens with two attached hydrogens (primary N) is 1. The Morgan fingerprint density at radius 1 is 1.50 bits per heavy atom. The summed E-state index contributed by atoms with van der Waals surface area (Å²) in [6.45, 7) is 0.748.